The average molecular weight is 275 g/mol. The maximum absolute atomic E-state index is 11.2. The first kappa shape index (κ1) is 12.5. The van der Waals surface area contributed by atoms with Crippen LogP contribution in [-0.4, -0.2) is 49.0 Å². The lowest BCUT2D eigenvalue weighted by molar-refractivity contribution is 0.0702. The van der Waals surface area contributed by atoms with Crippen molar-refractivity contribution < 1.29 is 18.3 Å². The number of thiophene rings is 1. The molecule has 0 atom stereocenters. The van der Waals surface area contributed by atoms with Crippen molar-refractivity contribution in [3.05, 3.63) is 21.9 Å². The molecule has 7 heteroatoms. The lowest BCUT2D eigenvalue weighted by atomic mass is 10.4. The van der Waals surface area contributed by atoms with Gasteiger partial charge in [0.25, 0.3) is 0 Å². The minimum atomic E-state index is -2.85. The van der Waals surface area contributed by atoms with Crippen molar-refractivity contribution in [3.8, 4) is 0 Å². The molecular weight excluding hydrogens is 262 g/mol. The molecule has 0 aromatic carbocycles. The summed E-state index contributed by atoms with van der Waals surface area (Å²) in [6.07, 6.45) is 0. The molecule has 1 aliphatic heterocycles. The van der Waals surface area contributed by atoms with E-state index in [1.807, 2.05) is 4.90 Å². The molecule has 1 aromatic rings. The van der Waals surface area contributed by atoms with Crippen molar-refractivity contribution in [3.63, 3.8) is 0 Å². The van der Waals surface area contributed by atoms with Gasteiger partial charge in [0.15, 0.2) is 9.84 Å². The van der Waals surface area contributed by atoms with Crippen molar-refractivity contribution in [1.82, 2.24) is 4.90 Å². The largest absolute Gasteiger partial charge is 0.477 e. The molecule has 0 bridgehead atoms. The Morgan fingerprint density at radius 1 is 1.35 bits per heavy atom. The molecule has 2 rings (SSSR count). The lowest BCUT2D eigenvalue weighted by Gasteiger charge is -2.25. The summed E-state index contributed by atoms with van der Waals surface area (Å²) in [5.41, 5.74) is 0. The first-order valence-corrected chi connectivity index (χ1v) is 7.85. The molecule has 0 spiro atoms. The second-order valence-corrected chi connectivity index (χ2v) is 7.47. The first-order valence-electron chi connectivity index (χ1n) is 5.21. The van der Waals surface area contributed by atoms with Crippen molar-refractivity contribution in [1.29, 1.82) is 0 Å². The van der Waals surface area contributed by atoms with Gasteiger partial charge in [0.05, 0.1) is 11.5 Å². The van der Waals surface area contributed by atoms with E-state index in [1.54, 1.807) is 12.1 Å². The van der Waals surface area contributed by atoms with E-state index in [4.69, 9.17) is 5.11 Å². The van der Waals surface area contributed by atoms with Crippen molar-refractivity contribution in [2.45, 2.75) is 6.54 Å². The number of carbonyl (C=O) groups is 1. The highest BCUT2D eigenvalue weighted by Crippen LogP contribution is 2.19. The van der Waals surface area contributed by atoms with Gasteiger partial charge in [0.2, 0.25) is 0 Å². The monoisotopic (exact) mass is 275 g/mol. The predicted molar refractivity (Wildman–Crippen MR) is 65.2 cm³/mol. The molecule has 1 saturated heterocycles. The molecule has 2 heterocycles. The molecule has 1 aromatic heterocycles. The quantitative estimate of drug-likeness (QED) is 0.878. The van der Waals surface area contributed by atoms with Gasteiger partial charge in [-0.2, -0.15) is 0 Å². The summed E-state index contributed by atoms with van der Waals surface area (Å²) < 4.78 is 22.5. The fourth-order valence-corrected chi connectivity index (χ4v) is 3.87. The number of carboxylic acid groups (broad SMARTS) is 1. The maximum atomic E-state index is 11.2. The number of hydrogen-bond acceptors (Lipinski definition) is 5. The van der Waals surface area contributed by atoms with Crippen LogP contribution < -0.4 is 0 Å². The van der Waals surface area contributed by atoms with Gasteiger partial charge in [0, 0.05) is 24.5 Å². The number of sulfone groups is 1. The zero-order chi connectivity index (χ0) is 12.5. The van der Waals surface area contributed by atoms with Gasteiger partial charge in [-0.3, -0.25) is 4.90 Å². The van der Waals surface area contributed by atoms with Crippen LogP contribution in [-0.2, 0) is 16.4 Å². The summed E-state index contributed by atoms with van der Waals surface area (Å²) in [6, 6.07) is 3.38. The summed E-state index contributed by atoms with van der Waals surface area (Å²) in [5.74, 6) is -0.517. The number of aromatic carboxylic acids is 1. The van der Waals surface area contributed by atoms with Gasteiger partial charge in [0.1, 0.15) is 4.88 Å². The highest BCUT2D eigenvalue weighted by molar-refractivity contribution is 7.91. The third-order valence-corrected chi connectivity index (χ3v) is 5.36. The Balaban J connectivity index is 1.95. The summed E-state index contributed by atoms with van der Waals surface area (Å²) >= 11 is 1.24. The maximum Gasteiger partial charge on any atom is 0.345 e. The number of carboxylic acids is 1. The molecule has 1 fully saturated rings. The molecule has 1 aliphatic rings. The number of hydrogen-bond donors (Lipinski definition) is 1. The summed E-state index contributed by atoms with van der Waals surface area (Å²) in [6.45, 7) is 1.69. The first-order chi connectivity index (χ1) is 7.96. The Labute approximate surface area is 104 Å². The van der Waals surface area contributed by atoms with Crippen LogP contribution in [0.2, 0.25) is 0 Å². The Morgan fingerprint density at radius 2 is 2.00 bits per heavy atom. The third kappa shape index (κ3) is 3.27. The summed E-state index contributed by atoms with van der Waals surface area (Å²) in [7, 11) is -2.85. The molecular formula is C10H13NO4S2. The fourth-order valence-electron chi connectivity index (χ4n) is 1.71. The van der Waals surface area contributed by atoms with Gasteiger partial charge in [-0.05, 0) is 12.1 Å². The highest BCUT2D eigenvalue weighted by Gasteiger charge is 2.22. The molecule has 5 nitrogen and oxygen atoms in total. The third-order valence-electron chi connectivity index (χ3n) is 2.69. The van der Waals surface area contributed by atoms with Gasteiger partial charge in [-0.25, -0.2) is 13.2 Å². The van der Waals surface area contributed by atoms with Gasteiger partial charge < -0.3 is 5.11 Å². The van der Waals surface area contributed by atoms with Crippen molar-refractivity contribution in [2.24, 2.45) is 0 Å². The summed E-state index contributed by atoms with van der Waals surface area (Å²) in [4.78, 5) is 14.0. The Hall–Kier alpha value is -0.920. The van der Waals surface area contributed by atoms with Crippen molar-refractivity contribution >= 4 is 27.1 Å². The summed E-state index contributed by atoms with van der Waals surface area (Å²) in [5, 5.41) is 8.79. The highest BCUT2D eigenvalue weighted by atomic mass is 32.2. The van der Waals surface area contributed by atoms with Crippen LogP contribution >= 0.6 is 11.3 Å². The molecule has 0 radical (unpaired) electrons. The van der Waals surface area contributed by atoms with Crippen LogP contribution in [0.1, 0.15) is 14.5 Å². The van der Waals surface area contributed by atoms with Crippen LogP contribution in [0.25, 0.3) is 0 Å². The zero-order valence-electron chi connectivity index (χ0n) is 9.13. The molecule has 1 N–H and O–H groups in total. The van der Waals surface area contributed by atoms with E-state index in [2.05, 4.69) is 0 Å². The van der Waals surface area contributed by atoms with Gasteiger partial charge >= 0.3 is 5.97 Å². The topological polar surface area (TPSA) is 74.7 Å². The van der Waals surface area contributed by atoms with Crippen LogP contribution in [0.4, 0.5) is 0 Å². The SMILES string of the molecule is O=C(O)c1ccc(CN2CCS(=O)(=O)CC2)s1. The molecule has 0 amide bonds. The van der Waals surface area contributed by atoms with E-state index in [0.29, 0.717) is 24.5 Å². The predicted octanol–water partition coefficient (Wildman–Crippen LogP) is 0.677. The normalized spacial score (nSPS) is 20.2. The molecule has 17 heavy (non-hydrogen) atoms. The molecule has 0 saturated carbocycles. The van der Waals surface area contributed by atoms with E-state index in [0.717, 1.165) is 4.88 Å². The second-order valence-electron chi connectivity index (χ2n) is 4.00. The van der Waals surface area contributed by atoms with Crippen LogP contribution in [0.5, 0.6) is 0 Å². The standard InChI is InChI=1S/C10H13NO4S2/c12-10(13)9-2-1-8(16-9)7-11-3-5-17(14,15)6-4-11/h1-2H,3-7H2,(H,12,13). The minimum Gasteiger partial charge on any atom is -0.477 e. The van der Waals surface area contributed by atoms with E-state index >= 15 is 0 Å². The second kappa shape index (κ2) is 4.75. The van der Waals surface area contributed by atoms with Crippen LogP contribution in [0.15, 0.2) is 12.1 Å². The molecule has 94 valence electrons. The van der Waals surface area contributed by atoms with Crippen LogP contribution in [0, 0.1) is 0 Å². The van der Waals surface area contributed by atoms with Gasteiger partial charge in [-0.1, -0.05) is 0 Å². The fraction of sp³-hybridized carbons (Fsp3) is 0.500. The number of rotatable bonds is 3. The van der Waals surface area contributed by atoms with E-state index in [1.165, 1.54) is 11.3 Å². The molecule has 0 unspecified atom stereocenters. The Morgan fingerprint density at radius 3 is 2.53 bits per heavy atom. The minimum absolute atomic E-state index is 0.199. The Kier molecular flexibility index (Phi) is 3.50. The van der Waals surface area contributed by atoms with Crippen LogP contribution in [0.3, 0.4) is 0 Å². The lowest BCUT2D eigenvalue weighted by Crippen LogP contribution is -2.39. The van der Waals surface area contributed by atoms with E-state index in [-0.39, 0.29) is 11.5 Å². The van der Waals surface area contributed by atoms with Gasteiger partial charge in [-0.15, -0.1) is 11.3 Å². The zero-order valence-corrected chi connectivity index (χ0v) is 10.8. The van der Waals surface area contributed by atoms with Crippen molar-refractivity contribution in [2.75, 3.05) is 24.6 Å². The average Bonchev–Trinajstić information content (AvgIpc) is 2.70. The smallest absolute Gasteiger partial charge is 0.345 e. The van der Waals surface area contributed by atoms with E-state index in [9.17, 15) is 13.2 Å². The number of nitrogens with zero attached hydrogens (tertiary/aromatic N) is 1. The van der Waals surface area contributed by atoms with E-state index < -0.39 is 15.8 Å². The Bertz CT molecular complexity index is 506. The molecule has 0 aliphatic carbocycles.